The van der Waals surface area contributed by atoms with Gasteiger partial charge in [-0.05, 0) is 23.8 Å². The summed E-state index contributed by atoms with van der Waals surface area (Å²) in [7, 11) is 0. The predicted octanol–water partition coefficient (Wildman–Crippen LogP) is 2.26. The van der Waals surface area contributed by atoms with Gasteiger partial charge in [-0.3, -0.25) is 14.9 Å². The van der Waals surface area contributed by atoms with Crippen LogP contribution in [0.1, 0.15) is 22.1 Å². The molecule has 0 spiro atoms. The molecule has 6 heteroatoms. The van der Waals surface area contributed by atoms with Crippen LogP contribution >= 0.6 is 0 Å². The van der Waals surface area contributed by atoms with Crippen LogP contribution in [0.4, 0.5) is 0 Å². The average Bonchev–Trinajstić information content (AvgIpc) is 3.19. The van der Waals surface area contributed by atoms with E-state index in [1.165, 1.54) is 0 Å². The van der Waals surface area contributed by atoms with E-state index in [9.17, 15) is 4.79 Å². The van der Waals surface area contributed by atoms with Crippen molar-refractivity contribution in [1.29, 1.82) is 0 Å². The van der Waals surface area contributed by atoms with Gasteiger partial charge in [0, 0.05) is 37.6 Å². The number of carbonyl (C=O) groups excluding carboxylic acids is 1. The van der Waals surface area contributed by atoms with Crippen molar-refractivity contribution in [3.8, 4) is 11.3 Å². The molecule has 1 aliphatic rings. The zero-order valence-corrected chi connectivity index (χ0v) is 13.7. The Morgan fingerprint density at radius 3 is 2.84 bits per heavy atom. The monoisotopic (exact) mass is 333 g/mol. The van der Waals surface area contributed by atoms with E-state index < -0.39 is 0 Å². The number of hydrogen-bond acceptors (Lipinski definition) is 4. The SMILES string of the molecule is O=C(c1cc(-c2cccnc2)n[nH]1)N1CCNCC1c1ccccc1. The fourth-order valence-electron chi connectivity index (χ4n) is 3.17. The summed E-state index contributed by atoms with van der Waals surface area (Å²) in [5.41, 5.74) is 3.25. The Bertz CT molecular complexity index is 847. The molecule has 2 aromatic heterocycles. The molecule has 1 aromatic carbocycles. The molecule has 1 amide bonds. The molecule has 0 aliphatic carbocycles. The van der Waals surface area contributed by atoms with Gasteiger partial charge in [0.15, 0.2) is 0 Å². The second-order valence-corrected chi connectivity index (χ2v) is 6.04. The van der Waals surface area contributed by atoms with Crippen molar-refractivity contribution in [2.24, 2.45) is 0 Å². The van der Waals surface area contributed by atoms with Crippen LogP contribution in [0.15, 0.2) is 60.9 Å². The van der Waals surface area contributed by atoms with E-state index in [-0.39, 0.29) is 11.9 Å². The van der Waals surface area contributed by atoms with Crippen LogP contribution in [0.3, 0.4) is 0 Å². The Hall–Kier alpha value is -2.99. The molecule has 3 heterocycles. The number of nitrogens with one attached hydrogen (secondary N) is 2. The molecule has 1 unspecified atom stereocenters. The van der Waals surface area contributed by atoms with Gasteiger partial charge in [0.2, 0.25) is 0 Å². The van der Waals surface area contributed by atoms with Gasteiger partial charge in [0.05, 0.1) is 11.7 Å². The summed E-state index contributed by atoms with van der Waals surface area (Å²) in [6.45, 7) is 2.21. The van der Waals surface area contributed by atoms with E-state index in [0.29, 0.717) is 12.2 Å². The molecule has 6 nitrogen and oxygen atoms in total. The number of hydrogen-bond donors (Lipinski definition) is 2. The van der Waals surface area contributed by atoms with Crippen LogP contribution in [-0.4, -0.2) is 45.6 Å². The quantitative estimate of drug-likeness (QED) is 0.771. The zero-order chi connectivity index (χ0) is 17.1. The van der Waals surface area contributed by atoms with Crippen LogP contribution in [0.5, 0.6) is 0 Å². The van der Waals surface area contributed by atoms with Crippen molar-refractivity contribution in [3.63, 3.8) is 0 Å². The minimum absolute atomic E-state index is 0.0209. The molecule has 0 bridgehead atoms. The first-order valence-electron chi connectivity index (χ1n) is 8.35. The van der Waals surface area contributed by atoms with Gasteiger partial charge >= 0.3 is 0 Å². The van der Waals surface area contributed by atoms with Gasteiger partial charge < -0.3 is 10.2 Å². The van der Waals surface area contributed by atoms with E-state index in [1.54, 1.807) is 18.5 Å². The maximum absolute atomic E-state index is 13.0. The van der Waals surface area contributed by atoms with Crippen LogP contribution in [0, 0.1) is 0 Å². The highest BCUT2D eigenvalue weighted by Crippen LogP contribution is 2.25. The van der Waals surface area contributed by atoms with Gasteiger partial charge in [-0.2, -0.15) is 5.10 Å². The van der Waals surface area contributed by atoms with Crippen LogP contribution in [0.25, 0.3) is 11.3 Å². The Morgan fingerprint density at radius 2 is 2.04 bits per heavy atom. The summed E-state index contributed by atoms with van der Waals surface area (Å²) in [5.74, 6) is -0.0296. The molecule has 0 radical (unpaired) electrons. The van der Waals surface area contributed by atoms with E-state index in [1.807, 2.05) is 35.2 Å². The molecular weight excluding hydrogens is 314 g/mol. The average molecular weight is 333 g/mol. The van der Waals surface area contributed by atoms with Crippen molar-refractivity contribution >= 4 is 5.91 Å². The predicted molar refractivity (Wildman–Crippen MR) is 94.9 cm³/mol. The number of rotatable bonds is 3. The zero-order valence-electron chi connectivity index (χ0n) is 13.7. The summed E-state index contributed by atoms with van der Waals surface area (Å²) in [6, 6.07) is 15.7. The molecule has 1 atom stereocenters. The normalized spacial score (nSPS) is 17.4. The third kappa shape index (κ3) is 3.16. The van der Waals surface area contributed by atoms with E-state index >= 15 is 0 Å². The Morgan fingerprint density at radius 1 is 1.16 bits per heavy atom. The fraction of sp³-hybridized carbons (Fsp3) is 0.211. The standard InChI is InChI=1S/C19H19N5O/c25-19(17-11-16(22-23-17)15-7-4-8-20-12-15)24-10-9-21-13-18(24)14-5-2-1-3-6-14/h1-8,11-12,18,21H,9-10,13H2,(H,22,23). The largest absolute Gasteiger partial charge is 0.328 e. The van der Waals surface area contributed by atoms with Gasteiger partial charge in [0.25, 0.3) is 5.91 Å². The minimum atomic E-state index is -0.0296. The number of benzene rings is 1. The second kappa shape index (κ2) is 6.86. The first-order chi connectivity index (χ1) is 12.3. The molecule has 1 fully saturated rings. The first kappa shape index (κ1) is 15.5. The lowest BCUT2D eigenvalue weighted by Crippen LogP contribution is -2.48. The molecule has 25 heavy (non-hydrogen) atoms. The molecular formula is C19H19N5O. The highest BCUT2D eigenvalue weighted by Gasteiger charge is 2.29. The molecule has 126 valence electrons. The van der Waals surface area contributed by atoms with Crippen molar-refractivity contribution in [2.75, 3.05) is 19.6 Å². The van der Waals surface area contributed by atoms with E-state index in [2.05, 4.69) is 32.6 Å². The Balaban J connectivity index is 1.60. The summed E-state index contributed by atoms with van der Waals surface area (Å²) in [6.07, 6.45) is 3.45. The summed E-state index contributed by atoms with van der Waals surface area (Å²) in [5, 5.41) is 10.5. The lowest BCUT2D eigenvalue weighted by atomic mass is 10.0. The number of nitrogens with zero attached hydrogens (tertiary/aromatic N) is 3. The molecule has 3 aromatic rings. The van der Waals surface area contributed by atoms with Gasteiger partial charge in [-0.1, -0.05) is 30.3 Å². The minimum Gasteiger partial charge on any atom is -0.328 e. The molecule has 1 aliphatic heterocycles. The van der Waals surface area contributed by atoms with Gasteiger partial charge in [-0.25, -0.2) is 0 Å². The molecule has 0 saturated carbocycles. The van der Waals surface area contributed by atoms with Crippen molar-refractivity contribution in [2.45, 2.75) is 6.04 Å². The topological polar surface area (TPSA) is 73.9 Å². The van der Waals surface area contributed by atoms with E-state index in [0.717, 1.165) is 29.9 Å². The summed E-state index contributed by atoms with van der Waals surface area (Å²) >= 11 is 0. The highest BCUT2D eigenvalue weighted by molar-refractivity contribution is 5.93. The number of pyridine rings is 1. The second-order valence-electron chi connectivity index (χ2n) is 6.04. The number of amides is 1. The summed E-state index contributed by atoms with van der Waals surface area (Å²) < 4.78 is 0. The van der Waals surface area contributed by atoms with Crippen molar-refractivity contribution in [1.82, 2.24) is 25.4 Å². The fourth-order valence-corrected chi connectivity index (χ4v) is 3.17. The molecule has 2 N–H and O–H groups in total. The lowest BCUT2D eigenvalue weighted by molar-refractivity contribution is 0.0628. The van der Waals surface area contributed by atoms with Crippen LogP contribution in [0.2, 0.25) is 0 Å². The number of aromatic nitrogens is 3. The van der Waals surface area contributed by atoms with Crippen molar-refractivity contribution in [3.05, 3.63) is 72.2 Å². The maximum Gasteiger partial charge on any atom is 0.272 e. The van der Waals surface area contributed by atoms with E-state index in [4.69, 9.17) is 0 Å². The van der Waals surface area contributed by atoms with Crippen LogP contribution in [-0.2, 0) is 0 Å². The number of H-pyrrole nitrogens is 1. The number of piperazine rings is 1. The smallest absolute Gasteiger partial charge is 0.272 e. The maximum atomic E-state index is 13.0. The van der Waals surface area contributed by atoms with Crippen LogP contribution < -0.4 is 5.32 Å². The van der Waals surface area contributed by atoms with Crippen molar-refractivity contribution < 1.29 is 4.79 Å². The summed E-state index contributed by atoms with van der Waals surface area (Å²) in [4.78, 5) is 19.0. The van der Waals surface area contributed by atoms with Gasteiger partial charge in [0.1, 0.15) is 5.69 Å². The highest BCUT2D eigenvalue weighted by atomic mass is 16.2. The molecule has 4 rings (SSSR count). The first-order valence-corrected chi connectivity index (χ1v) is 8.35. The Kier molecular flexibility index (Phi) is 4.26. The molecule has 1 saturated heterocycles. The lowest BCUT2D eigenvalue weighted by Gasteiger charge is -2.36. The Labute approximate surface area is 145 Å². The van der Waals surface area contributed by atoms with Gasteiger partial charge in [-0.15, -0.1) is 0 Å². The third-order valence-corrected chi connectivity index (χ3v) is 4.45. The number of carbonyl (C=O) groups is 1. The number of aromatic amines is 1. The third-order valence-electron chi connectivity index (χ3n) is 4.45.